The van der Waals surface area contributed by atoms with Crippen LogP contribution < -0.4 is 11.5 Å². The largest absolute Gasteiger partial charge is 0.397 e. The van der Waals surface area contributed by atoms with Crippen LogP contribution in [0.1, 0.15) is 10.4 Å². The Hall–Kier alpha value is -1.58. The van der Waals surface area contributed by atoms with Crippen molar-refractivity contribution in [2.75, 3.05) is 11.5 Å². The number of hydrogen-bond acceptors (Lipinski definition) is 4. The molecule has 52 valence electrons. The van der Waals surface area contributed by atoms with Gasteiger partial charge >= 0.3 is 0 Å². The fourth-order valence-electron chi connectivity index (χ4n) is 0.604. The van der Waals surface area contributed by atoms with E-state index in [9.17, 15) is 4.79 Å². The van der Waals surface area contributed by atoms with Gasteiger partial charge in [-0.25, -0.2) is 4.98 Å². The van der Waals surface area contributed by atoms with Gasteiger partial charge < -0.3 is 11.5 Å². The lowest BCUT2D eigenvalue weighted by molar-refractivity contribution is 0.112. The summed E-state index contributed by atoms with van der Waals surface area (Å²) >= 11 is 0. The molecule has 0 radical (unpaired) electrons. The van der Waals surface area contributed by atoms with Crippen molar-refractivity contribution in [2.24, 2.45) is 0 Å². The van der Waals surface area contributed by atoms with Gasteiger partial charge in [-0.05, 0) is 6.07 Å². The fraction of sp³-hybridized carbons (Fsp3) is 0. The minimum Gasteiger partial charge on any atom is -0.397 e. The molecule has 0 aliphatic carbocycles. The van der Waals surface area contributed by atoms with E-state index >= 15 is 0 Å². The molecule has 0 saturated carbocycles. The van der Waals surface area contributed by atoms with Gasteiger partial charge in [0.05, 0.1) is 17.4 Å². The maximum atomic E-state index is 10.2. The van der Waals surface area contributed by atoms with E-state index in [4.69, 9.17) is 11.5 Å². The molecule has 1 heterocycles. The fourth-order valence-corrected chi connectivity index (χ4v) is 0.604. The number of carbonyl (C=O) groups excluding carboxylic acids is 1. The van der Waals surface area contributed by atoms with Gasteiger partial charge in [0.25, 0.3) is 0 Å². The van der Waals surface area contributed by atoms with Gasteiger partial charge in [-0.1, -0.05) is 0 Å². The first-order valence-corrected chi connectivity index (χ1v) is 2.70. The second-order valence-corrected chi connectivity index (χ2v) is 1.86. The minimum absolute atomic E-state index is 0.212. The number of nitrogens with zero attached hydrogens (tertiary/aromatic N) is 1. The third-order valence-corrected chi connectivity index (χ3v) is 1.10. The minimum atomic E-state index is 0.212. The predicted octanol–water partition coefficient (Wildman–Crippen LogP) is 0.0585. The van der Waals surface area contributed by atoms with Crippen LogP contribution in [0.4, 0.5) is 11.5 Å². The lowest BCUT2D eigenvalue weighted by Gasteiger charge is -1.96. The van der Waals surface area contributed by atoms with Crippen LogP contribution in [-0.2, 0) is 0 Å². The molecule has 10 heavy (non-hydrogen) atoms. The first-order chi connectivity index (χ1) is 4.74. The summed E-state index contributed by atoms with van der Waals surface area (Å²) < 4.78 is 0. The number of nitrogen functional groups attached to an aromatic ring is 2. The third-order valence-electron chi connectivity index (χ3n) is 1.10. The Morgan fingerprint density at radius 2 is 2.20 bits per heavy atom. The molecule has 0 aromatic carbocycles. The quantitative estimate of drug-likeness (QED) is 0.536. The zero-order valence-corrected chi connectivity index (χ0v) is 5.24. The molecule has 0 fully saturated rings. The summed E-state index contributed by atoms with van der Waals surface area (Å²) in [5.41, 5.74) is 11.4. The number of anilines is 2. The molecule has 4 nitrogen and oxygen atoms in total. The summed E-state index contributed by atoms with van der Waals surface area (Å²) in [6.45, 7) is 0. The van der Waals surface area contributed by atoms with Gasteiger partial charge in [-0.15, -0.1) is 0 Å². The predicted molar refractivity (Wildman–Crippen MR) is 38.4 cm³/mol. The van der Waals surface area contributed by atoms with Crippen LogP contribution in [0.5, 0.6) is 0 Å². The number of rotatable bonds is 1. The number of carbonyl (C=O) groups is 1. The van der Waals surface area contributed by atoms with Crippen LogP contribution in [0, 0.1) is 0 Å². The molecule has 0 aliphatic heterocycles. The Morgan fingerprint density at radius 1 is 1.50 bits per heavy atom. The van der Waals surface area contributed by atoms with E-state index in [0.29, 0.717) is 17.5 Å². The zero-order valence-electron chi connectivity index (χ0n) is 5.24. The number of nitrogens with two attached hydrogens (primary N) is 2. The zero-order chi connectivity index (χ0) is 7.56. The second kappa shape index (κ2) is 2.34. The third kappa shape index (κ3) is 1.05. The van der Waals surface area contributed by atoms with E-state index in [1.165, 1.54) is 12.3 Å². The Labute approximate surface area is 57.9 Å². The Kier molecular flexibility index (Phi) is 1.53. The van der Waals surface area contributed by atoms with Gasteiger partial charge in [0, 0.05) is 0 Å². The molecule has 0 bridgehead atoms. The highest BCUT2D eigenvalue weighted by Crippen LogP contribution is 2.08. The molecule has 0 atom stereocenters. The Bertz CT molecular complexity index is 259. The number of hydrogen-bond donors (Lipinski definition) is 2. The second-order valence-electron chi connectivity index (χ2n) is 1.86. The molecule has 0 unspecified atom stereocenters. The maximum Gasteiger partial charge on any atom is 0.153 e. The summed E-state index contributed by atoms with van der Waals surface area (Å²) in [5.74, 6) is 0.212. The number of pyridine rings is 1. The van der Waals surface area contributed by atoms with Gasteiger partial charge in [0.15, 0.2) is 6.29 Å². The molecule has 0 amide bonds. The van der Waals surface area contributed by atoms with E-state index in [-0.39, 0.29) is 5.82 Å². The highest BCUT2D eigenvalue weighted by Gasteiger charge is 1.97. The topological polar surface area (TPSA) is 82.0 Å². The molecular weight excluding hydrogens is 130 g/mol. The average Bonchev–Trinajstić information content (AvgIpc) is 1.94. The van der Waals surface area contributed by atoms with Crippen molar-refractivity contribution in [2.45, 2.75) is 0 Å². The summed E-state index contributed by atoms with van der Waals surface area (Å²) in [4.78, 5) is 13.9. The molecule has 4 heteroatoms. The maximum absolute atomic E-state index is 10.2. The van der Waals surface area contributed by atoms with Crippen molar-refractivity contribution in [1.29, 1.82) is 0 Å². The van der Waals surface area contributed by atoms with E-state index in [1.807, 2.05) is 0 Å². The first-order valence-electron chi connectivity index (χ1n) is 2.70. The van der Waals surface area contributed by atoms with Crippen LogP contribution in [0.15, 0.2) is 12.3 Å². The van der Waals surface area contributed by atoms with Crippen LogP contribution in [0.25, 0.3) is 0 Å². The standard InChI is InChI=1S/C6H7N3O/c7-5-1-4(3-10)6(8)9-2-5/h1-3H,7H2,(H2,8,9). The Balaban J connectivity index is 3.21. The van der Waals surface area contributed by atoms with Crippen molar-refractivity contribution in [1.82, 2.24) is 4.98 Å². The van der Waals surface area contributed by atoms with E-state index in [0.717, 1.165) is 0 Å². The molecule has 0 saturated heterocycles. The number of aldehydes is 1. The highest BCUT2D eigenvalue weighted by molar-refractivity contribution is 5.82. The lowest BCUT2D eigenvalue weighted by atomic mass is 10.2. The van der Waals surface area contributed by atoms with Crippen LogP contribution in [0.2, 0.25) is 0 Å². The average molecular weight is 137 g/mol. The van der Waals surface area contributed by atoms with Gasteiger partial charge in [-0.3, -0.25) is 4.79 Å². The van der Waals surface area contributed by atoms with Crippen molar-refractivity contribution < 1.29 is 4.79 Å². The smallest absolute Gasteiger partial charge is 0.153 e. The molecule has 1 rings (SSSR count). The molecule has 0 spiro atoms. The summed E-state index contributed by atoms with van der Waals surface area (Å²) in [5, 5.41) is 0. The van der Waals surface area contributed by atoms with Crippen molar-refractivity contribution >= 4 is 17.8 Å². The van der Waals surface area contributed by atoms with Gasteiger partial charge in [-0.2, -0.15) is 0 Å². The number of aromatic nitrogens is 1. The van der Waals surface area contributed by atoms with E-state index in [2.05, 4.69) is 4.98 Å². The van der Waals surface area contributed by atoms with E-state index < -0.39 is 0 Å². The van der Waals surface area contributed by atoms with Gasteiger partial charge in [0.1, 0.15) is 5.82 Å². The van der Waals surface area contributed by atoms with Crippen LogP contribution in [-0.4, -0.2) is 11.3 Å². The summed E-state index contributed by atoms with van der Waals surface area (Å²) in [7, 11) is 0. The lowest BCUT2D eigenvalue weighted by Crippen LogP contribution is -1.98. The normalized spacial score (nSPS) is 9.20. The molecule has 0 aliphatic rings. The van der Waals surface area contributed by atoms with Crippen LogP contribution >= 0.6 is 0 Å². The molecule has 1 aromatic heterocycles. The van der Waals surface area contributed by atoms with Crippen LogP contribution in [0.3, 0.4) is 0 Å². The Morgan fingerprint density at radius 3 is 2.70 bits per heavy atom. The highest BCUT2D eigenvalue weighted by atomic mass is 16.1. The van der Waals surface area contributed by atoms with Crippen molar-refractivity contribution in [3.8, 4) is 0 Å². The van der Waals surface area contributed by atoms with Gasteiger partial charge in [0.2, 0.25) is 0 Å². The van der Waals surface area contributed by atoms with Crippen molar-refractivity contribution in [3.63, 3.8) is 0 Å². The summed E-state index contributed by atoms with van der Waals surface area (Å²) in [6, 6.07) is 1.48. The van der Waals surface area contributed by atoms with Crippen molar-refractivity contribution in [3.05, 3.63) is 17.8 Å². The van der Waals surface area contributed by atoms with E-state index in [1.54, 1.807) is 0 Å². The molecule has 1 aromatic rings. The SMILES string of the molecule is Nc1cnc(N)c(C=O)c1. The summed E-state index contributed by atoms with van der Waals surface area (Å²) in [6.07, 6.45) is 2.03. The molecule has 4 N–H and O–H groups in total. The first kappa shape index (κ1) is 6.54. The molecular formula is C6H7N3O. The monoisotopic (exact) mass is 137 g/mol.